The summed E-state index contributed by atoms with van der Waals surface area (Å²) in [6.45, 7) is 6.81. The van der Waals surface area contributed by atoms with E-state index in [1.165, 1.54) is 17.0 Å². The van der Waals surface area contributed by atoms with Crippen LogP contribution in [0.15, 0.2) is 65.6 Å². The first-order chi connectivity index (χ1) is 18.9. The van der Waals surface area contributed by atoms with E-state index in [9.17, 15) is 18.0 Å². The third-order valence-electron chi connectivity index (χ3n) is 6.42. The smallest absolute Gasteiger partial charge is 0.264 e. The molecule has 1 N–H and O–H groups in total. The predicted octanol–water partition coefficient (Wildman–Crippen LogP) is 6.40. The molecule has 3 rings (SSSR count). The Hall–Kier alpha value is -2.78. The number of nitrogens with one attached hydrogen (secondary N) is 1. The highest BCUT2D eigenvalue weighted by Gasteiger charge is 2.33. The molecule has 3 aromatic carbocycles. The van der Waals surface area contributed by atoms with Crippen LogP contribution in [0, 0.1) is 13.8 Å². The molecule has 1 unspecified atom stereocenters. The van der Waals surface area contributed by atoms with Crippen LogP contribution in [-0.2, 0) is 26.2 Å². The van der Waals surface area contributed by atoms with Gasteiger partial charge in [0.05, 0.1) is 10.6 Å². The molecule has 0 saturated heterocycles. The summed E-state index contributed by atoms with van der Waals surface area (Å²) in [6.07, 6.45) is 0.709. The monoisotopic (exact) mass is 623 g/mol. The summed E-state index contributed by atoms with van der Waals surface area (Å²) in [5, 5.41) is 3.87. The number of benzene rings is 3. The van der Waals surface area contributed by atoms with Crippen molar-refractivity contribution in [3.8, 4) is 0 Å². The van der Waals surface area contributed by atoms with E-state index in [0.29, 0.717) is 39.2 Å². The van der Waals surface area contributed by atoms with E-state index in [1.54, 1.807) is 62.4 Å². The van der Waals surface area contributed by atoms with Crippen molar-refractivity contribution in [2.75, 3.05) is 17.4 Å². The minimum Gasteiger partial charge on any atom is -0.354 e. The molecule has 2 amide bonds. The van der Waals surface area contributed by atoms with Crippen molar-refractivity contribution in [3.05, 3.63) is 92.4 Å². The number of amides is 2. The molecular weight excluding hydrogens is 593 g/mol. The maximum atomic E-state index is 14.0. The molecule has 0 aliphatic heterocycles. The molecule has 7 nitrogen and oxygen atoms in total. The maximum absolute atomic E-state index is 14.0. The number of carbonyl (C=O) groups excluding carboxylic acids is 2. The Bertz CT molecular complexity index is 1460. The van der Waals surface area contributed by atoms with E-state index in [-0.39, 0.29) is 23.0 Å². The van der Waals surface area contributed by atoms with Gasteiger partial charge < -0.3 is 10.2 Å². The first-order valence-electron chi connectivity index (χ1n) is 12.7. The number of aryl methyl sites for hydroxylation is 2. The number of halogens is 3. The number of hydrogen-bond donors (Lipinski definition) is 1. The van der Waals surface area contributed by atoms with E-state index in [2.05, 4.69) is 5.32 Å². The Balaban J connectivity index is 2.09. The zero-order chi connectivity index (χ0) is 29.6. The van der Waals surface area contributed by atoms with Crippen LogP contribution in [0.4, 0.5) is 5.69 Å². The Kier molecular flexibility index (Phi) is 10.9. The van der Waals surface area contributed by atoms with Crippen LogP contribution < -0.4 is 9.62 Å². The van der Waals surface area contributed by atoms with Gasteiger partial charge in [-0.1, -0.05) is 65.5 Å². The largest absolute Gasteiger partial charge is 0.354 e. The number of anilines is 1. The average molecular weight is 625 g/mol. The van der Waals surface area contributed by atoms with E-state index in [0.717, 1.165) is 9.87 Å². The van der Waals surface area contributed by atoms with Crippen molar-refractivity contribution in [2.24, 2.45) is 0 Å². The third kappa shape index (κ3) is 7.49. The second-order valence-electron chi connectivity index (χ2n) is 9.44. The third-order valence-corrected chi connectivity index (χ3v) is 9.14. The highest BCUT2D eigenvalue weighted by molar-refractivity contribution is 7.92. The minimum atomic E-state index is -4.19. The Morgan fingerprint density at radius 3 is 2.15 bits per heavy atom. The zero-order valence-electron chi connectivity index (χ0n) is 22.7. The van der Waals surface area contributed by atoms with E-state index in [4.69, 9.17) is 34.8 Å². The summed E-state index contributed by atoms with van der Waals surface area (Å²) in [4.78, 5) is 28.3. The number of carbonyl (C=O) groups is 2. The molecule has 0 aliphatic rings. The summed E-state index contributed by atoms with van der Waals surface area (Å²) in [7, 11) is -4.19. The van der Waals surface area contributed by atoms with Crippen LogP contribution in [0.1, 0.15) is 37.0 Å². The van der Waals surface area contributed by atoms with Crippen molar-refractivity contribution in [3.63, 3.8) is 0 Å². The molecular formula is C29H32Cl3N3O4S. The summed E-state index contributed by atoms with van der Waals surface area (Å²) < 4.78 is 28.9. The molecule has 1 atom stereocenters. The summed E-state index contributed by atoms with van der Waals surface area (Å²) in [5.74, 6) is -0.992. The Labute approximate surface area is 251 Å². The van der Waals surface area contributed by atoms with Gasteiger partial charge in [0.2, 0.25) is 11.8 Å². The van der Waals surface area contributed by atoms with Gasteiger partial charge in [0.25, 0.3) is 10.0 Å². The first-order valence-corrected chi connectivity index (χ1v) is 15.3. The van der Waals surface area contributed by atoms with E-state index < -0.39 is 28.5 Å². The predicted molar refractivity (Wildman–Crippen MR) is 162 cm³/mol. The van der Waals surface area contributed by atoms with Gasteiger partial charge in [-0.25, -0.2) is 8.42 Å². The molecule has 214 valence electrons. The lowest BCUT2D eigenvalue weighted by Crippen LogP contribution is -2.51. The quantitative estimate of drug-likeness (QED) is 0.267. The first kappa shape index (κ1) is 31.7. The number of sulfonamides is 1. The van der Waals surface area contributed by atoms with Gasteiger partial charge in [0.15, 0.2) is 0 Å². The maximum Gasteiger partial charge on any atom is 0.264 e. The SMILES string of the molecule is CCCNC(=O)C(C)N(Cc1c(Cl)cccc1Cl)C(=O)CN(c1ccc(Cl)cc1C)S(=O)(=O)c1ccc(C)cc1. The van der Waals surface area contributed by atoms with Crippen molar-refractivity contribution >= 4 is 62.3 Å². The van der Waals surface area contributed by atoms with Gasteiger partial charge in [-0.15, -0.1) is 0 Å². The molecule has 0 saturated carbocycles. The van der Waals surface area contributed by atoms with Gasteiger partial charge in [-0.3, -0.25) is 13.9 Å². The number of hydrogen-bond acceptors (Lipinski definition) is 4. The molecule has 40 heavy (non-hydrogen) atoms. The standard InChI is InChI=1S/C29H32Cl3N3O4S/c1-5-15-33-29(37)21(4)34(17-24-25(31)7-6-8-26(24)32)28(36)18-35(27-14-11-22(30)16-20(27)3)40(38,39)23-12-9-19(2)10-13-23/h6-14,16,21H,5,15,17-18H2,1-4H3,(H,33,37). The molecule has 0 aromatic heterocycles. The van der Waals surface area contributed by atoms with Crippen LogP contribution in [0.3, 0.4) is 0 Å². The fourth-order valence-corrected chi connectivity index (χ4v) is 6.30. The minimum absolute atomic E-state index is 0.0229. The van der Waals surface area contributed by atoms with Gasteiger partial charge in [-0.2, -0.15) is 0 Å². The van der Waals surface area contributed by atoms with Crippen LogP contribution in [0.25, 0.3) is 0 Å². The van der Waals surface area contributed by atoms with Gasteiger partial charge in [-0.05, 0) is 75.2 Å². The zero-order valence-corrected chi connectivity index (χ0v) is 25.8. The molecule has 0 fully saturated rings. The molecule has 0 spiro atoms. The highest BCUT2D eigenvalue weighted by atomic mass is 35.5. The van der Waals surface area contributed by atoms with Crippen LogP contribution in [0.5, 0.6) is 0 Å². The summed E-state index contributed by atoms with van der Waals surface area (Å²) in [5.41, 5.74) is 2.19. The van der Waals surface area contributed by atoms with Gasteiger partial charge in [0.1, 0.15) is 12.6 Å². The molecule has 0 bridgehead atoms. The van der Waals surface area contributed by atoms with Crippen molar-refractivity contribution < 1.29 is 18.0 Å². The second kappa shape index (κ2) is 13.7. The van der Waals surface area contributed by atoms with Crippen LogP contribution >= 0.6 is 34.8 Å². The van der Waals surface area contributed by atoms with E-state index in [1.807, 2.05) is 13.8 Å². The topological polar surface area (TPSA) is 86.8 Å². The lowest BCUT2D eigenvalue weighted by molar-refractivity contribution is -0.139. The normalized spacial score (nSPS) is 12.1. The lowest BCUT2D eigenvalue weighted by Gasteiger charge is -2.32. The van der Waals surface area contributed by atoms with Crippen LogP contribution in [-0.4, -0.2) is 44.3 Å². The molecule has 3 aromatic rings. The molecule has 0 radical (unpaired) electrons. The second-order valence-corrected chi connectivity index (χ2v) is 12.6. The van der Waals surface area contributed by atoms with Crippen molar-refractivity contribution in [1.29, 1.82) is 0 Å². The average Bonchev–Trinajstić information content (AvgIpc) is 2.90. The van der Waals surface area contributed by atoms with Gasteiger partial charge in [0, 0.05) is 33.7 Å². The molecule has 11 heteroatoms. The Morgan fingerprint density at radius 1 is 0.950 bits per heavy atom. The molecule has 0 heterocycles. The summed E-state index contributed by atoms with van der Waals surface area (Å²) in [6, 6.07) is 15.1. The number of rotatable bonds is 11. The fraction of sp³-hybridized carbons (Fsp3) is 0.310. The van der Waals surface area contributed by atoms with Crippen molar-refractivity contribution in [2.45, 2.75) is 51.6 Å². The molecule has 0 aliphatic carbocycles. The van der Waals surface area contributed by atoms with E-state index >= 15 is 0 Å². The van der Waals surface area contributed by atoms with Crippen LogP contribution in [0.2, 0.25) is 15.1 Å². The Morgan fingerprint density at radius 2 is 1.57 bits per heavy atom. The van der Waals surface area contributed by atoms with Crippen molar-refractivity contribution in [1.82, 2.24) is 10.2 Å². The summed E-state index contributed by atoms with van der Waals surface area (Å²) >= 11 is 19.0. The lowest BCUT2D eigenvalue weighted by atomic mass is 10.1. The highest BCUT2D eigenvalue weighted by Crippen LogP contribution is 2.31. The van der Waals surface area contributed by atoms with Gasteiger partial charge >= 0.3 is 0 Å². The number of nitrogens with zero attached hydrogens (tertiary/aromatic N) is 2. The fourth-order valence-electron chi connectivity index (χ4n) is 4.08.